The van der Waals surface area contributed by atoms with E-state index < -0.39 is 5.97 Å². The largest absolute Gasteiger partial charge is 0.505 e. The minimum Gasteiger partial charge on any atom is -0.505 e. The van der Waals surface area contributed by atoms with Gasteiger partial charge in [-0.15, -0.1) is 10.2 Å². The Balaban J connectivity index is 1.60. The van der Waals surface area contributed by atoms with Gasteiger partial charge in [-0.3, -0.25) is 4.57 Å². The Labute approximate surface area is 220 Å². The zero-order valence-corrected chi connectivity index (χ0v) is 21.3. The number of fused-ring (bicyclic) bond motifs is 1. The van der Waals surface area contributed by atoms with E-state index in [-0.39, 0.29) is 28.6 Å². The number of azo groups is 1. The smallest absolute Gasteiger partial charge is 0.335 e. The van der Waals surface area contributed by atoms with Crippen LogP contribution in [0.3, 0.4) is 0 Å². The molecular weight excluding hydrogens is 478 g/mol. The van der Waals surface area contributed by atoms with Gasteiger partial charge in [0.15, 0.2) is 11.4 Å². The van der Waals surface area contributed by atoms with E-state index >= 15 is 0 Å². The van der Waals surface area contributed by atoms with Gasteiger partial charge in [-0.05, 0) is 66.4 Å². The lowest BCUT2D eigenvalue weighted by Crippen LogP contribution is -1.95. The predicted octanol–water partition coefficient (Wildman–Crippen LogP) is 8.25. The van der Waals surface area contributed by atoms with Crippen molar-refractivity contribution >= 4 is 28.2 Å². The minimum absolute atomic E-state index is 0.0588. The van der Waals surface area contributed by atoms with Gasteiger partial charge in [0.2, 0.25) is 5.88 Å². The summed E-state index contributed by atoms with van der Waals surface area (Å²) in [6, 6.07) is 25.2. The summed E-state index contributed by atoms with van der Waals surface area (Å²) in [5.74, 6) is -0.858. The second-order valence-electron chi connectivity index (χ2n) is 9.53. The fourth-order valence-electron chi connectivity index (χ4n) is 4.51. The number of carboxylic acid groups (broad SMARTS) is 1. The molecule has 1 aromatic heterocycles. The van der Waals surface area contributed by atoms with Gasteiger partial charge in [0.1, 0.15) is 5.69 Å². The van der Waals surface area contributed by atoms with Gasteiger partial charge in [0.25, 0.3) is 0 Å². The van der Waals surface area contributed by atoms with E-state index in [0.29, 0.717) is 17.0 Å². The number of hydrogen-bond donors (Lipinski definition) is 3. The van der Waals surface area contributed by atoms with Crippen molar-refractivity contribution in [3.63, 3.8) is 0 Å². The molecule has 0 saturated heterocycles. The Bertz CT molecular complexity index is 1700. The number of rotatable bonds is 6. The number of aromatic hydroxyl groups is 2. The van der Waals surface area contributed by atoms with Gasteiger partial charge >= 0.3 is 5.97 Å². The molecule has 0 bridgehead atoms. The van der Waals surface area contributed by atoms with Crippen molar-refractivity contribution in [2.45, 2.75) is 26.7 Å². The molecule has 0 fully saturated rings. The zero-order chi connectivity index (χ0) is 27.0. The van der Waals surface area contributed by atoms with Crippen LogP contribution in [0.4, 0.5) is 11.4 Å². The van der Waals surface area contributed by atoms with E-state index in [4.69, 9.17) is 0 Å². The third-order valence-corrected chi connectivity index (χ3v) is 6.58. The Kier molecular flexibility index (Phi) is 6.43. The average Bonchev–Trinajstić information content (AvgIpc) is 3.18. The van der Waals surface area contributed by atoms with Crippen LogP contribution in [0.1, 0.15) is 41.3 Å². The average molecular weight is 506 g/mol. The van der Waals surface area contributed by atoms with Crippen molar-refractivity contribution in [2.24, 2.45) is 10.2 Å². The fourth-order valence-corrected chi connectivity index (χ4v) is 4.51. The van der Waals surface area contributed by atoms with Crippen LogP contribution in [0.25, 0.3) is 27.7 Å². The summed E-state index contributed by atoms with van der Waals surface area (Å²) >= 11 is 0. The summed E-state index contributed by atoms with van der Waals surface area (Å²) < 4.78 is 1.74. The number of carboxylic acids is 1. The van der Waals surface area contributed by atoms with Crippen molar-refractivity contribution in [2.75, 3.05) is 0 Å². The summed E-state index contributed by atoms with van der Waals surface area (Å²) in [6.07, 6.45) is 0. The predicted molar refractivity (Wildman–Crippen MR) is 148 cm³/mol. The number of hydrogen-bond acceptors (Lipinski definition) is 5. The first-order valence-electron chi connectivity index (χ1n) is 12.3. The SMILES string of the molecule is Cc1ccc2c(c1)c(N=Nc1cccc(-c3cccc(C(=O)O)c3)c1O)c(O)n2-c1ccc(C(C)C)cc1. The Morgan fingerprint density at radius 2 is 1.61 bits per heavy atom. The summed E-state index contributed by atoms with van der Waals surface area (Å²) in [6.45, 7) is 6.23. The highest BCUT2D eigenvalue weighted by Crippen LogP contribution is 2.43. The molecular formula is C31H27N3O4. The van der Waals surface area contributed by atoms with Crippen LogP contribution in [0.5, 0.6) is 11.6 Å². The highest BCUT2D eigenvalue weighted by molar-refractivity contribution is 5.97. The molecule has 0 amide bonds. The lowest BCUT2D eigenvalue weighted by Gasteiger charge is -2.10. The van der Waals surface area contributed by atoms with Gasteiger partial charge in [-0.1, -0.05) is 61.9 Å². The molecule has 0 saturated carbocycles. The van der Waals surface area contributed by atoms with Gasteiger partial charge in [0.05, 0.1) is 11.1 Å². The maximum Gasteiger partial charge on any atom is 0.335 e. The normalized spacial score (nSPS) is 11.6. The second kappa shape index (κ2) is 9.86. The highest BCUT2D eigenvalue weighted by atomic mass is 16.4. The second-order valence-corrected chi connectivity index (χ2v) is 9.53. The molecule has 0 radical (unpaired) electrons. The van der Waals surface area contributed by atoms with E-state index in [1.807, 2.05) is 49.4 Å². The molecule has 190 valence electrons. The lowest BCUT2D eigenvalue weighted by molar-refractivity contribution is 0.0697. The van der Waals surface area contributed by atoms with Crippen LogP contribution < -0.4 is 0 Å². The number of phenolic OH excluding ortho intramolecular Hbond substituents is 1. The van der Waals surface area contributed by atoms with Crippen LogP contribution in [0.15, 0.2) is 95.2 Å². The topological polar surface area (TPSA) is 107 Å². The Morgan fingerprint density at radius 1 is 0.868 bits per heavy atom. The molecule has 0 spiro atoms. The summed E-state index contributed by atoms with van der Waals surface area (Å²) in [5, 5.41) is 41.0. The fraction of sp³-hybridized carbons (Fsp3) is 0.129. The third kappa shape index (κ3) is 4.50. The van der Waals surface area contributed by atoms with Crippen LogP contribution in [-0.4, -0.2) is 25.9 Å². The summed E-state index contributed by atoms with van der Waals surface area (Å²) in [4.78, 5) is 11.4. The first-order valence-corrected chi connectivity index (χ1v) is 12.3. The van der Waals surface area contributed by atoms with Gasteiger partial charge < -0.3 is 15.3 Å². The van der Waals surface area contributed by atoms with Crippen molar-refractivity contribution in [3.05, 3.63) is 102 Å². The molecule has 0 unspecified atom stereocenters. The summed E-state index contributed by atoms with van der Waals surface area (Å²) in [5.41, 5.74) is 5.34. The number of carbonyl (C=O) groups is 1. The number of aromatic carboxylic acids is 1. The monoisotopic (exact) mass is 505 g/mol. The highest BCUT2D eigenvalue weighted by Gasteiger charge is 2.19. The number of aromatic nitrogens is 1. The molecule has 5 rings (SSSR count). The van der Waals surface area contributed by atoms with Crippen LogP contribution in [0, 0.1) is 6.92 Å². The molecule has 0 aliphatic carbocycles. The maximum atomic E-state index is 11.4. The quantitative estimate of drug-likeness (QED) is 0.202. The van der Waals surface area contributed by atoms with Crippen LogP contribution in [0.2, 0.25) is 0 Å². The van der Waals surface area contributed by atoms with E-state index in [2.05, 4.69) is 24.1 Å². The van der Waals surface area contributed by atoms with Crippen molar-refractivity contribution < 1.29 is 20.1 Å². The number of phenols is 1. The van der Waals surface area contributed by atoms with Crippen LogP contribution >= 0.6 is 0 Å². The Hall–Kier alpha value is -4.91. The van der Waals surface area contributed by atoms with E-state index in [1.165, 1.54) is 17.7 Å². The molecule has 1 heterocycles. The van der Waals surface area contributed by atoms with Crippen molar-refractivity contribution in [3.8, 4) is 28.4 Å². The van der Waals surface area contributed by atoms with E-state index in [1.54, 1.807) is 34.9 Å². The minimum atomic E-state index is -1.05. The van der Waals surface area contributed by atoms with E-state index in [0.717, 1.165) is 22.2 Å². The van der Waals surface area contributed by atoms with Gasteiger partial charge in [-0.25, -0.2) is 4.79 Å². The molecule has 0 aliphatic heterocycles. The molecule has 38 heavy (non-hydrogen) atoms. The first-order chi connectivity index (χ1) is 18.2. The lowest BCUT2D eigenvalue weighted by atomic mass is 10.0. The van der Waals surface area contributed by atoms with Gasteiger partial charge in [0, 0.05) is 16.6 Å². The van der Waals surface area contributed by atoms with Crippen molar-refractivity contribution in [1.82, 2.24) is 4.57 Å². The summed E-state index contributed by atoms with van der Waals surface area (Å²) in [7, 11) is 0. The first kappa shape index (κ1) is 24.8. The molecule has 4 aromatic carbocycles. The molecule has 0 aliphatic rings. The molecule has 0 atom stereocenters. The van der Waals surface area contributed by atoms with E-state index in [9.17, 15) is 20.1 Å². The molecule has 7 nitrogen and oxygen atoms in total. The maximum absolute atomic E-state index is 11.4. The van der Waals surface area contributed by atoms with Gasteiger partial charge in [-0.2, -0.15) is 0 Å². The third-order valence-electron chi connectivity index (χ3n) is 6.58. The Morgan fingerprint density at radius 3 is 2.32 bits per heavy atom. The van der Waals surface area contributed by atoms with Crippen molar-refractivity contribution in [1.29, 1.82) is 0 Å². The molecule has 5 aromatic rings. The number of aryl methyl sites for hydroxylation is 1. The standard InChI is InChI=1S/C31H27N3O4/c1-18(2)20-11-13-23(14-12-20)34-27-15-10-19(3)16-25(27)28(30(34)36)33-32-26-9-5-8-24(29(26)35)21-6-4-7-22(17-21)31(37)38/h4-18,35-36H,1-3H3,(H,37,38). The number of para-hydroxylation sites is 1. The molecule has 7 heteroatoms. The number of benzene rings is 4. The zero-order valence-electron chi connectivity index (χ0n) is 21.3. The molecule has 3 N–H and O–H groups in total. The van der Waals surface area contributed by atoms with Crippen LogP contribution in [-0.2, 0) is 0 Å². The number of nitrogens with zero attached hydrogens (tertiary/aromatic N) is 3.